The molecule has 0 atom stereocenters. The summed E-state index contributed by atoms with van der Waals surface area (Å²) in [4.78, 5) is 12.0. The van der Waals surface area contributed by atoms with Crippen LogP contribution in [0.2, 0.25) is 0 Å². The zero-order valence-corrected chi connectivity index (χ0v) is 15.3. The minimum Gasteiger partial charge on any atom is -0.460 e. The van der Waals surface area contributed by atoms with Crippen LogP contribution in [-0.2, 0) is 14.8 Å². The molecule has 2 aromatic rings. The van der Waals surface area contributed by atoms with Crippen molar-refractivity contribution in [3.63, 3.8) is 0 Å². The van der Waals surface area contributed by atoms with Crippen LogP contribution in [0.15, 0.2) is 27.5 Å². The summed E-state index contributed by atoms with van der Waals surface area (Å²) in [6.45, 7) is 4.46. The van der Waals surface area contributed by atoms with Crippen molar-refractivity contribution in [3.8, 4) is 0 Å². The van der Waals surface area contributed by atoms with Gasteiger partial charge in [-0.25, -0.2) is 17.9 Å². The number of halogens is 1. The van der Waals surface area contributed by atoms with Crippen molar-refractivity contribution < 1.29 is 22.4 Å². The molecule has 9 heteroatoms. The van der Waals surface area contributed by atoms with E-state index in [1.165, 1.54) is 18.2 Å². The Morgan fingerprint density at radius 1 is 1.29 bits per heavy atom. The van der Waals surface area contributed by atoms with Gasteiger partial charge in [0.05, 0.1) is 11.5 Å². The molecule has 1 aromatic carbocycles. The highest BCUT2D eigenvalue weighted by molar-refractivity contribution is 7.89. The molecule has 0 saturated carbocycles. The molecule has 1 aromatic heterocycles. The molecule has 24 heavy (non-hydrogen) atoms. The monoisotopic (exact) mass is 376 g/mol. The summed E-state index contributed by atoms with van der Waals surface area (Å²) >= 11 is 0. The van der Waals surface area contributed by atoms with Crippen molar-refractivity contribution >= 4 is 39.4 Å². The molecule has 0 amide bonds. The highest BCUT2D eigenvalue weighted by Crippen LogP contribution is 2.28. The predicted octanol–water partition coefficient (Wildman–Crippen LogP) is 1.84. The van der Waals surface area contributed by atoms with Crippen molar-refractivity contribution in [3.05, 3.63) is 29.5 Å². The van der Waals surface area contributed by atoms with E-state index in [1.807, 2.05) is 0 Å². The molecule has 0 saturated heterocycles. The van der Waals surface area contributed by atoms with E-state index in [0.29, 0.717) is 23.1 Å². The number of furan rings is 1. The number of hydrogen-bond acceptors (Lipinski definition) is 6. The van der Waals surface area contributed by atoms with E-state index < -0.39 is 16.0 Å². The zero-order valence-electron chi connectivity index (χ0n) is 13.7. The van der Waals surface area contributed by atoms with Gasteiger partial charge in [0.2, 0.25) is 15.8 Å². The summed E-state index contributed by atoms with van der Waals surface area (Å²) in [5.41, 5.74) is 1.01. The lowest BCUT2D eigenvalue weighted by molar-refractivity contribution is 0.0491. The van der Waals surface area contributed by atoms with Crippen LogP contribution >= 0.6 is 12.4 Å². The van der Waals surface area contributed by atoms with Crippen LogP contribution in [0.25, 0.3) is 11.0 Å². The van der Waals surface area contributed by atoms with Gasteiger partial charge in [-0.3, -0.25) is 0 Å². The predicted molar refractivity (Wildman–Crippen MR) is 93.3 cm³/mol. The van der Waals surface area contributed by atoms with E-state index in [-0.39, 0.29) is 36.2 Å². The molecular formula is C15H21ClN2O5S. The maximum absolute atomic E-state index is 12.2. The van der Waals surface area contributed by atoms with Crippen LogP contribution in [0.3, 0.4) is 0 Å². The van der Waals surface area contributed by atoms with E-state index in [4.69, 9.17) is 9.15 Å². The Morgan fingerprint density at radius 3 is 2.62 bits per heavy atom. The number of benzene rings is 1. The van der Waals surface area contributed by atoms with Gasteiger partial charge in [-0.15, -0.1) is 12.4 Å². The SMILES string of the molecule is CCOC(=O)c1oc2ccc(S(=O)(=O)NCCNC)cc2c1C.Cl. The lowest BCUT2D eigenvalue weighted by atomic mass is 10.1. The average molecular weight is 377 g/mol. The van der Waals surface area contributed by atoms with Gasteiger partial charge in [-0.1, -0.05) is 0 Å². The van der Waals surface area contributed by atoms with Gasteiger partial charge in [0.15, 0.2) is 0 Å². The maximum Gasteiger partial charge on any atom is 0.374 e. The molecule has 0 aliphatic carbocycles. The number of fused-ring (bicyclic) bond motifs is 1. The second-order valence-electron chi connectivity index (χ2n) is 4.94. The van der Waals surface area contributed by atoms with Crippen molar-refractivity contribution in [2.75, 3.05) is 26.7 Å². The standard InChI is InChI=1S/C15H20N2O5S.ClH/c1-4-21-15(18)14-10(2)12-9-11(5-6-13(12)22-14)23(19,20)17-8-7-16-3;/h5-6,9,16-17H,4,7-8H2,1-3H3;1H. The molecule has 0 aliphatic heterocycles. The molecule has 7 nitrogen and oxygen atoms in total. The van der Waals surface area contributed by atoms with E-state index in [0.717, 1.165) is 0 Å². The lowest BCUT2D eigenvalue weighted by Gasteiger charge is -2.06. The van der Waals surface area contributed by atoms with Crippen molar-refractivity contribution in [2.45, 2.75) is 18.7 Å². The number of sulfonamides is 1. The van der Waals surface area contributed by atoms with Gasteiger partial charge in [0.1, 0.15) is 5.58 Å². The van der Waals surface area contributed by atoms with Crippen LogP contribution in [0.4, 0.5) is 0 Å². The Morgan fingerprint density at radius 2 is 2.00 bits per heavy atom. The summed E-state index contributed by atoms with van der Waals surface area (Å²) in [5.74, 6) is -0.461. The van der Waals surface area contributed by atoms with Crippen LogP contribution in [-0.4, -0.2) is 41.1 Å². The van der Waals surface area contributed by atoms with Crippen molar-refractivity contribution in [1.82, 2.24) is 10.0 Å². The summed E-state index contributed by atoms with van der Waals surface area (Å²) in [6.07, 6.45) is 0. The number of aryl methyl sites for hydroxylation is 1. The number of esters is 1. The minimum absolute atomic E-state index is 0. The molecule has 0 radical (unpaired) electrons. The first kappa shape index (κ1) is 20.4. The molecule has 0 bridgehead atoms. The van der Waals surface area contributed by atoms with Crippen LogP contribution in [0.1, 0.15) is 23.0 Å². The van der Waals surface area contributed by atoms with Crippen molar-refractivity contribution in [2.24, 2.45) is 0 Å². The number of carbonyl (C=O) groups excluding carboxylic acids is 1. The quantitative estimate of drug-likeness (QED) is 0.565. The molecule has 134 valence electrons. The third kappa shape index (κ3) is 4.27. The number of ether oxygens (including phenoxy) is 1. The summed E-state index contributed by atoms with van der Waals surface area (Å²) in [5, 5.41) is 3.44. The van der Waals surface area contributed by atoms with Crippen LogP contribution in [0.5, 0.6) is 0 Å². The summed E-state index contributed by atoms with van der Waals surface area (Å²) in [7, 11) is -1.87. The zero-order chi connectivity index (χ0) is 17.0. The van der Waals surface area contributed by atoms with Gasteiger partial charge in [-0.05, 0) is 39.1 Å². The van der Waals surface area contributed by atoms with Gasteiger partial charge >= 0.3 is 5.97 Å². The Labute approximate surface area is 147 Å². The first-order chi connectivity index (χ1) is 10.9. The van der Waals surface area contributed by atoms with Gasteiger partial charge < -0.3 is 14.5 Å². The Balaban J connectivity index is 0.00000288. The molecule has 2 N–H and O–H groups in total. The average Bonchev–Trinajstić information content (AvgIpc) is 2.84. The van der Waals surface area contributed by atoms with E-state index in [9.17, 15) is 13.2 Å². The maximum atomic E-state index is 12.2. The number of carbonyl (C=O) groups is 1. The number of likely N-dealkylation sites (N-methyl/N-ethyl adjacent to an activating group) is 1. The van der Waals surface area contributed by atoms with Gasteiger partial charge in [0.25, 0.3) is 0 Å². The van der Waals surface area contributed by atoms with E-state index in [1.54, 1.807) is 20.9 Å². The summed E-state index contributed by atoms with van der Waals surface area (Å²) < 4.78 is 37.4. The highest BCUT2D eigenvalue weighted by atomic mass is 35.5. The highest BCUT2D eigenvalue weighted by Gasteiger charge is 2.21. The minimum atomic E-state index is -3.61. The second-order valence-corrected chi connectivity index (χ2v) is 6.70. The fourth-order valence-corrected chi connectivity index (χ4v) is 3.21. The van der Waals surface area contributed by atoms with Crippen LogP contribution in [0, 0.1) is 6.92 Å². The smallest absolute Gasteiger partial charge is 0.374 e. The molecule has 0 fully saturated rings. The Hall–Kier alpha value is -1.61. The number of rotatable bonds is 7. The fraction of sp³-hybridized carbons (Fsp3) is 0.400. The van der Waals surface area contributed by atoms with E-state index >= 15 is 0 Å². The number of hydrogen-bond donors (Lipinski definition) is 2. The third-order valence-electron chi connectivity index (χ3n) is 3.35. The topological polar surface area (TPSA) is 97.6 Å². The molecule has 2 rings (SSSR count). The van der Waals surface area contributed by atoms with Gasteiger partial charge in [0, 0.05) is 24.0 Å². The molecular weight excluding hydrogens is 356 g/mol. The van der Waals surface area contributed by atoms with Crippen LogP contribution < -0.4 is 10.0 Å². The second kappa shape index (κ2) is 8.48. The van der Waals surface area contributed by atoms with Gasteiger partial charge in [-0.2, -0.15) is 0 Å². The number of nitrogens with one attached hydrogen (secondary N) is 2. The fourth-order valence-electron chi connectivity index (χ4n) is 2.15. The Kier molecular flexibility index (Phi) is 7.22. The first-order valence-corrected chi connectivity index (χ1v) is 8.73. The normalized spacial score (nSPS) is 11.3. The summed E-state index contributed by atoms with van der Waals surface area (Å²) in [6, 6.07) is 4.48. The molecule has 1 heterocycles. The molecule has 0 aliphatic rings. The molecule has 0 unspecified atom stereocenters. The first-order valence-electron chi connectivity index (χ1n) is 7.25. The van der Waals surface area contributed by atoms with E-state index in [2.05, 4.69) is 10.0 Å². The van der Waals surface area contributed by atoms with Crippen molar-refractivity contribution in [1.29, 1.82) is 0 Å². The Bertz CT molecular complexity index is 817. The molecule has 0 spiro atoms. The third-order valence-corrected chi connectivity index (χ3v) is 4.80. The lowest BCUT2D eigenvalue weighted by Crippen LogP contribution is -2.30. The largest absolute Gasteiger partial charge is 0.460 e.